The lowest BCUT2D eigenvalue weighted by atomic mass is 10.1. The Labute approximate surface area is 139 Å². The molecule has 2 aromatic carbocycles. The number of imidazole rings is 1. The van der Waals surface area contributed by atoms with Crippen LogP contribution in [0.1, 0.15) is 18.8 Å². The van der Waals surface area contributed by atoms with E-state index in [1.807, 2.05) is 30.3 Å². The predicted octanol–water partition coefficient (Wildman–Crippen LogP) is 3.53. The number of aromatic nitrogens is 2. The van der Waals surface area contributed by atoms with Gasteiger partial charge in [-0.05, 0) is 25.1 Å². The fourth-order valence-corrected chi connectivity index (χ4v) is 3.55. The molecule has 0 unspecified atom stereocenters. The SMILES string of the molecule is C[C@H]1Cn2c(nc3c(C4OCCO4)cccc32)-c2ccccc2O1. The van der Waals surface area contributed by atoms with Crippen molar-refractivity contribution in [2.45, 2.75) is 25.9 Å². The zero-order valence-corrected chi connectivity index (χ0v) is 13.4. The van der Waals surface area contributed by atoms with E-state index in [4.69, 9.17) is 19.2 Å². The summed E-state index contributed by atoms with van der Waals surface area (Å²) in [4.78, 5) is 4.96. The van der Waals surface area contributed by atoms with Crippen molar-refractivity contribution < 1.29 is 14.2 Å². The highest BCUT2D eigenvalue weighted by Gasteiger charge is 2.27. The molecule has 2 aliphatic rings. The summed E-state index contributed by atoms with van der Waals surface area (Å²) in [6.45, 7) is 4.10. The third-order valence-corrected chi connectivity index (χ3v) is 4.58. The number of nitrogens with zero attached hydrogens (tertiary/aromatic N) is 2. The van der Waals surface area contributed by atoms with Crippen LogP contribution >= 0.6 is 0 Å². The fraction of sp³-hybridized carbons (Fsp3) is 0.316. The molecule has 5 rings (SSSR count). The molecule has 5 heteroatoms. The van der Waals surface area contributed by atoms with Gasteiger partial charge in [-0.3, -0.25) is 0 Å². The number of para-hydroxylation sites is 2. The summed E-state index contributed by atoms with van der Waals surface area (Å²) in [5.74, 6) is 1.82. The van der Waals surface area contributed by atoms with E-state index in [1.54, 1.807) is 0 Å². The third-order valence-electron chi connectivity index (χ3n) is 4.58. The molecule has 0 radical (unpaired) electrons. The highest BCUT2D eigenvalue weighted by atomic mass is 16.7. The lowest BCUT2D eigenvalue weighted by Crippen LogP contribution is -2.17. The van der Waals surface area contributed by atoms with E-state index in [-0.39, 0.29) is 12.4 Å². The van der Waals surface area contributed by atoms with E-state index < -0.39 is 0 Å². The Morgan fingerprint density at radius 1 is 1.04 bits per heavy atom. The van der Waals surface area contributed by atoms with Gasteiger partial charge >= 0.3 is 0 Å². The standard InChI is InChI=1S/C19H18N2O3/c1-12-11-21-15-7-4-6-14(19-22-9-10-23-19)17(15)20-18(21)13-5-2-3-8-16(13)24-12/h2-8,12,19H,9-11H2,1H3/t12-/m0/s1. The molecule has 0 amide bonds. The van der Waals surface area contributed by atoms with Gasteiger partial charge in [0.05, 0.1) is 36.4 Å². The van der Waals surface area contributed by atoms with Crippen LogP contribution in [0.15, 0.2) is 42.5 Å². The summed E-state index contributed by atoms with van der Waals surface area (Å²) >= 11 is 0. The van der Waals surface area contributed by atoms with Crippen LogP contribution in [0.25, 0.3) is 22.4 Å². The van der Waals surface area contributed by atoms with Gasteiger partial charge in [-0.1, -0.05) is 24.3 Å². The average Bonchev–Trinajstić information content (AvgIpc) is 3.21. The van der Waals surface area contributed by atoms with Crippen LogP contribution in [0, 0.1) is 0 Å². The quantitative estimate of drug-likeness (QED) is 0.687. The van der Waals surface area contributed by atoms with Gasteiger partial charge in [-0.15, -0.1) is 0 Å². The molecule has 1 fully saturated rings. The van der Waals surface area contributed by atoms with E-state index in [0.29, 0.717) is 13.2 Å². The Hall–Kier alpha value is -2.37. The van der Waals surface area contributed by atoms with E-state index in [9.17, 15) is 0 Å². The average molecular weight is 322 g/mol. The molecular formula is C19H18N2O3. The molecular weight excluding hydrogens is 304 g/mol. The molecule has 1 aromatic heterocycles. The van der Waals surface area contributed by atoms with Crippen molar-refractivity contribution in [2.24, 2.45) is 0 Å². The molecule has 2 aliphatic heterocycles. The Bertz CT molecular complexity index is 912. The van der Waals surface area contributed by atoms with Crippen molar-refractivity contribution in [3.05, 3.63) is 48.0 Å². The van der Waals surface area contributed by atoms with E-state index in [1.165, 1.54) is 0 Å². The van der Waals surface area contributed by atoms with Crippen LogP contribution in [0.5, 0.6) is 5.75 Å². The number of ether oxygens (including phenoxy) is 3. The molecule has 3 aromatic rings. The normalized spacial score (nSPS) is 20.5. The van der Waals surface area contributed by atoms with Gasteiger partial charge in [0, 0.05) is 5.56 Å². The van der Waals surface area contributed by atoms with Crippen molar-refractivity contribution in [1.29, 1.82) is 0 Å². The Kier molecular flexibility index (Phi) is 3.11. The second-order valence-electron chi connectivity index (χ2n) is 6.26. The maximum absolute atomic E-state index is 6.07. The summed E-state index contributed by atoms with van der Waals surface area (Å²) in [6, 6.07) is 14.3. The van der Waals surface area contributed by atoms with Crippen molar-refractivity contribution in [3.8, 4) is 17.1 Å². The van der Waals surface area contributed by atoms with Gasteiger partial charge in [0.1, 0.15) is 17.7 Å². The minimum absolute atomic E-state index is 0.0763. The lowest BCUT2D eigenvalue weighted by molar-refractivity contribution is -0.0431. The maximum atomic E-state index is 6.07. The second kappa shape index (κ2) is 5.33. The van der Waals surface area contributed by atoms with Crippen molar-refractivity contribution >= 4 is 11.0 Å². The fourth-order valence-electron chi connectivity index (χ4n) is 3.55. The summed E-state index contributed by atoms with van der Waals surface area (Å²) in [5.41, 5.74) is 4.06. The Morgan fingerprint density at radius 2 is 1.88 bits per heavy atom. The van der Waals surface area contributed by atoms with Gasteiger partial charge in [0.2, 0.25) is 0 Å². The first kappa shape index (κ1) is 14.0. The van der Waals surface area contributed by atoms with Gasteiger partial charge in [-0.25, -0.2) is 4.98 Å². The van der Waals surface area contributed by atoms with E-state index in [2.05, 4.69) is 23.6 Å². The number of hydrogen-bond donors (Lipinski definition) is 0. The molecule has 0 saturated carbocycles. The molecule has 0 N–H and O–H groups in total. The minimum atomic E-state index is -0.322. The highest BCUT2D eigenvalue weighted by molar-refractivity contribution is 5.85. The van der Waals surface area contributed by atoms with Crippen LogP contribution in [0.3, 0.4) is 0 Å². The molecule has 0 bridgehead atoms. The van der Waals surface area contributed by atoms with Crippen LogP contribution in [0.2, 0.25) is 0 Å². The molecule has 5 nitrogen and oxygen atoms in total. The largest absolute Gasteiger partial charge is 0.488 e. The second-order valence-corrected chi connectivity index (χ2v) is 6.26. The first-order valence-electron chi connectivity index (χ1n) is 8.29. The Morgan fingerprint density at radius 3 is 2.75 bits per heavy atom. The Balaban J connectivity index is 1.77. The lowest BCUT2D eigenvalue weighted by Gasteiger charge is -2.14. The summed E-state index contributed by atoms with van der Waals surface area (Å²) in [6.07, 6.45) is -0.246. The molecule has 0 spiro atoms. The first-order valence-corrected chi connectivity index (χ1v) is 8.29. The summed E-state index contributed by atoms with van der Waals surface area (Å²) < 4.78 is 19.7. The van der Waals surface area contributed by atoms with Crippen LogP contribution in [-0.4, -0.2) is 28.9 Å². The van der Waals surface area contributed by atoms with Crippen molar-refractivity contribution in [3.63, 3.8) is 0 Å². The maximum Gasteiger partial charge on any atom is 0.186 e. The smallest absolute Gasteiger partial charge is 0.186 e. The number of benzene rings is 2. The van der Waals surface area contributed by atoms with Gasteiger partial charge in [-0.2, -0.15) is 0 Å². The number of hydrogen-bond acceptors (Lipinski definition) is 4. The first-order chi connectivity index (χ1) is 11.8. The number of fused-ring (bicyclic) bond motifs is 5. The number of rotatable bonds is 1. The van der Waals surface area contributed by atoms with Crippen LogP contribution < -0.4 is 4.74 Å². The minimum Gasteiger partial charge on any atom is -0.488 e. The van der Waals surface area contributed by atoms with Crippen molar-refractivity contribution in [1.82, 2.24) is 9.55 Å². The zero-order valence-electron chi connectivity index (χ0n) is 13.4. The van der Waals surface area contributed by atoms with Gasteiger partial charge in [0.15, 0.2) is 6.29 Å². The van der Waals surface area contributed by atoms with Crippen LogP contribution in [0.4, 0.5) is 0 Å². The van der Waals surface area contributed by atoms with E-state index in [0.717, 1.165) is 40.3 Å². The molecule has 24 heavy (non-hydrogen) atoms. The summed E-state index contributed by atoms with van der Waals surface area (Å²) in [7, 11) is 0. The highest BCUT2D eigenvalue weighted by Crippen LogP contribution is 2.38. The zero-order chi connectivity index (χ0) is 16.1. The molecule has 122 valence electrons. The third kappa shape index (κ3) is 2.05. The van der Waals surface area contributed by atoms with Crippen molar-refractivity contribution in [2.75, 3.05) is 13.2 Å². The molecule has 1 atom stereocenters. The molecule has 1 saturated heterocycles. The van der Waals surface area contributed by atoms with E-state index >= 15 is 0 Å². The predicted molar refractivity (Wildman–Crippen MR) is 89.9 cm³/mol. The van der Waals surface area contributed by atoms with Gasteiger partial charge < -0.3 is 18.8 Å². The summed E-state index contributed by atoms with van der Waals surface area (Å²) in [5, 5.41) is 0. The monoisotopic (exact) mass is 322 g/mol. The van der Waals surface area contributed by atoms with Gasteiger partial charge in [0.25, 0.3) is 0 Å². The topological polar surface area (TPSA) is 45.5 Å². The molecule has 3 heterocycles. The molecule has 0 aliphatic carbocycles. The van der Waals surface area contributed by atoms with Crippen LogP contribution in [-0.2, 0) is 16.0 Å².